The number of fused-ring (bicyclic) bond motifs is 1. The summed E-state index contributed by atoms with van der Waals surface area (Å²) in [4.78, 5) is 25.8. The number of benzene rings is 1. The van der Waals surface area contributed by atoms with Crippen LogP contribution >= 0.6 is 0 Å². The summed E-state index contributed by atoms with van der Waals surface area (Å²) in [6.45, 7) is 2.79. The van der Waals surface area contributed by atoms with Crippen LogP contribution in [0.1, 0.15) is 27.9 Å². The lowest BCUT2D eigenvalue weighted by Gasteiger charge is -2.35. The fourth-order valence-corrected chi connectivity index (χ4v) is 3.62. The van der Waals surface area contributed by atoms with Crippen molar-refractivity contribution in [1.82, 2.24) is 14.5 Å². The zero-order chi connectivity index (χ0) is 22.0. The van der Waals surface area contributed by atoms with Crippen LogP contribution in [-0.4, -0.2) is 46.6 Å². The predicted molar refractivity (Wildman–Crippen MR) is 112 cm³/mol. The monoisotopic (exact) mass is 418 g/mol. The minimum Gasteiger partial charge on any atom is -0.469 e. The van der Waals surface area contributed by atoms with Crippen molar-refractivity contribution in [3.63, 3.8) is 0 Å². The zero-order valence-electron chi connectivity index (χ0n) is 17.4. The van der Waals surface area contributed by atoms with E-state index in [0.29, 0.717) is 43.0 Å². The van der Waals surface area contributed by atoms with Gasteiger partial charge in [-0.05, 0) is 36.6 Å². The molecule has 3 aromatic rings. The van der Waals surface area contributed by atoms with Crippen LogP contribution in [0.2, 0.25) is 0 Å². The first-order valence-corrected chi connectivity index (χ1v) is 9.99. The van der Waals surface area contributed by atoms with E-state index >= 15 is 0 Å². The smallest absolute Gasteiger partial charge is 0.305 e. The lowest BCUT2D eigenvalue weighted by atomic mass is 10.0. The van der Waals surface area contributed by atoms with Gasteiger partial charge in [-0.25, -0.2) is 4.52 Å². The van der Waals surface area contributed by atoms with Crippen molar-refractivity contribution in [3.05, 3.63) is 59.4 Å². The predicted octanol–water partition coefficient (Wildman–Crippen LogP) is 3.14. The molecule has 0 saturated carbocycles. The fraction of sp³-hybridized carbons (Fsp3) is 0.304. The van der Waals surface area contributed by atoms with Crippen LogP contribution < -0.4 is 4.74 Å². The van der Waals surface area contributed by atoms with Gasteiger partial charge in [0.2, 0.25) is 0 Å². The topological polar surface area (TPSA) is 96.9 Å². The number of amides is 1. The van der Waals surface area contributed by atoms with Gasteiger partial charge in [0.15, 0.2) is 5.75 Å². The van der Waals surface area contributed by atoms with Gasteiger partial charge in [0.05, 0.1) is 30.9 Å². The number of nitriles is 1. The number of ether oxygens (including phenoxy) is 2. The van der Waals surface area contributed by atoms with Gasteiger partial charge >= 0.3 is 5.97 Å². The van der Waals surface area contributed by atoms with E-state index in [-0.39, 0.29) is 17.8 Å². The van der Waals surface area contributed by atoms with Crippen molar-refractivity contribution in [3.8, 4) is 17.6 Å². The van der Waals surface area contributed by atoms with Gasteiger partial charge in [0.1, 0.15) is 11.3 Å². The maximum absolute atomic E-state index is 12.8. The largest absolute Gasteiger partial charge is 0.469 e. The number of hydrogen-bond acceptors (Lipinski definition) is 6. The molecule has 31 heavy (non-hydrogen) atoms. The Labute approximate surface area is 179 Å². The molecule has 3 heterocycles. The van der Waals surface area contributed by atoms with Crippen molar-refractivity contribution in [1.29, 1.82) is 5.26 Å². The van der Waals surface area contributed by atoms with Crippen LogP contribution in [0.4, 0.5) is 0 Å². The molecule has 1 fully saturated rings. The summed E-state index contributed by atoms with van der Waals surface area (Å²) in [5, 5.41) is 13.3. The molecular formula is C23H22N4O4. The van der Waals surface area contributed by atoms with Crippen molar-refractivity contribution in [2.75, 3.05) is 20.2 Å². The highest BCUT2D eigenvalue weighted by atomic mass is 16.5. The minimum atomic E-state index is -0.241. The molecule has 0 spiro atoms. The van der Waals surface area contributed by atoms with E-state index in [0.717, 1.165) is 16.6 Å². The number of rotatable bonds is 6. The maximum Gasteiger partial charge on any atom is 0.305 e. The van der Waals surface area contributed by atoms with E-state index in [1.54, 1.807) is 27.9 Å². The number of carbonyl (C=O) groups is 2. The third-order valence-corrected chi connectivity index (χ3v) is 5.47. The number of aryl methyl sites for hydroxylation is 2. The fourth-order valence-electron chi connectivity index (χ4n) is 3.62. The van der Waals surface area contributed by atoms with Crippen molar-refractivity contribution in [2.45, 2.75) is 19.8 Å². The first-order chi connectivity index (χ1) is 15.0. The second kappa shape index (κ2) is 8.48. The summed E-state index contributed by atoms with van der Waals surface area (Å²) >= 11 is 0. The highest BCUT2D eigenvalue weighted by Crippen LogP contribution is 2.31. The molecule has 1 aliphatic heterocycles. The zero-order valence-corrected chi connectivity index (χ0v) is 17.4. The summed E-state index contributed by atoms with van der Waals surface area (Å²) in [7, 11) is 1.38. The molecule has 0 atom stereocenters. The summed E-state index contributed by atoms with van der Waals surface area (Å²) in [5.41, 5.74) is 3.06. The van der Waals surface area contributed by atoms with E-state index in [4.69, 9.17) is 10.00 Å². The van der Waals surface area contributed by atoms with Gasteiger partial charge < -0.3 is 14.4 Å². The molecule has 1 aromatic carbocycles. The first-order valence-electron chi connectivity index (χ1n) is 9.99. The Balaban J connectivity index is 1.53. The molecule has 8 heteroatoms. The Morgan fingerprint density at radius 1 is 1.23 bits per heavy atom. The summed E-state index contributed by atoms with van der Waals surface area (Å²) in [6, 6.07) is 11.4. The summed E-state index contributed by atoms with van der Waals surface area (Å²) in [5.74, 6) is 0.801. The number of nitrogens with zero attached hydrogens (tertiary/aromatic N) is 4. The molecule has 1 saturated heterocycles. The van der Waals surface area contributed by atoms with Gasteiger partial charge in [0.25, 0.3) is 5.91 Å². The number of hydrogen-bond donors (Lipinski definition) is 0. The second-order valence-electron chi connectivity index (χ2n) is 7.51. The highest BCUT2D eigenvalue weighted by Gasteiger charge is 2.32. The van der Waals surface area contributed by atoms with Crippen molar-refractivity contribution in [2.24, 2.45) is 5.92 Å². The third-order valence-electron chi connectivity index (χ3n) is 5.47. The van der Waals surface area contributed by atoms with Crippen LogP contribution in [0.3, 0.4) is 0 Å². The van der Waals surface area contributed by atoms with E-state index < -0.39 is 0 Å². The summed E-state index contributed by atoms with van der Waals surface area (Å²) in [6.07, 6.45) is 4.25. The number of carbonyl (C=O) groups excluding carboxylic acids is 2. The molecule has 0 bridgehead atoms. The van der Waals surface area contributed by atoms with Crippen LogP contribution in [0, 0.1) is 24.2 Å². The van der Waals surface area contributed by atoms with Crippen LogP contribution in [0.15, 0.2) is 42.7 Å². The highest BCUT2D eigenvalue weighted by molar-refractivity contribution is 5.98. The molecule has 0 radical (unpaired) electrons. The SMILES string of the molecule is COC(=O)CCc1ccc(Oc2ccnn3cc(C(=O)N4CC(C#N)C4)c(C)c23)cc1. The molecule has 0 aliphatic carbocycles. The lowest BCUT2D eigenvalue weighted by molar-refractivity contribution is -0.140. The third kappa shape index (κ3) is 4.08. The average molecular weight is 418 g/mol. The number of aromatic nitrogens is 2. The Morgan fingerprint density at radius 2 is 1.97 bits per heavy atom. The van der Waals surface area contributed by atoms with Crippen molar-refractivity contribution >= 4 is 17.4 Å². The number of likely N-dealkylation sites (tertiary alicyclic amines) is 1. The van der Waals surface area contributed by atoms with Crippen LogP contribution in [-0.2, 0) is 16.0 Å². The van der Waals surface area contributed by atoms with Gasteiger partial charge in [-0.1, -0.05) is 12.1 Å². The molecule has 158 valence electrons. The Kier molecular flexibility index (Phi) is 5.58. The maximum atomic E-state index is 12.8. The summed E-state index contributed by atoms with van der Waals surface area (Å²) < 4.78 is 12.4. The average Bonchev–Trinajstić information content (AvgIpc) is 3.09. The molecule has 1 amide bonds. The normalized spacial score (nSPS) is 13.5. The Morgan fingerprint density at radius 3 is 2.65 bits per heavy atom. The number of esters is 1. The molecule has 2 aromatic heterocycles. The van der Waals surface area contributed by atoms with E-state index in [1.165, 1.54) is 7.11 Å². The van der Waals surface area contributed by atoms with Crippen LogP contribution in [0.25, 0.3) is 5.52 Å². The molecule has 0 unspecified atom stereocenters. The molecular weight excluding hydrogens is 396 g/mol. The van der Waals surface area contributed by atoms with Gasteiger partial charge in [-0.15, -0.1) is 0 Å². The van der Waals surface area contributed by atoms with Crippen LogP contribution in [0.5, 0.6) is 11.5 Å². The molecule has 4 rings (SSSR count). The first kappa shape index (κ1) is 20.4. The van der Waals surface area contributed by atoms with Crippen molar-refractivity contribution < 1.29 is 19.1 Å². The number of methoxy groups -OCH3 is 1. The lowest BCUT2D eigenvalue weighted by Crippen LogP contribution is -2.49. The quantitative estimate of drug-likeness (QED) is 0.571. The van der Waals surface area contributed by atoms with E-state index in [9.17, 15) is 9.59 Å². The standard InChI is InChI=1S/C23H22N4O4/c1-15-19(23(29)26-12-17(11-24)13-26)14-27-22(15)20(9-10-25-27)31-18-6-3-16(4-7-18)5-8-21(28)30-2/h3-4,6-7,9-10,14,17H,5,8,12-13H2,1-2H3. The minimum absolute atomic E-state index is 0.0890. The molecule has 0 N–H and O–H groups in total. The second-order valence-corrected chi connectivity index (χ2v) is 7.51. The van der Waals surface area contributed by atoms with Gasteiger partial charge in [-0.2, -0.15) is 10.4 Å². The molecule has 1 aliphatic rings. The van der Waals surface area contributed by atoms with Gasteiger partial charge in [0, 0.05) is 31.8 Å². The van der Waals surface area contributed by atoms with E-state index in [1.807, 2.05) is 31.2 Å². The van der Waals surface area contributed by atoms with Gasteiger partial charge in [-0.3, -0.25) is 9.59 Å². The molecule has 8 nitrogen and oxygen atoms in total. The van der Waals surface area contributed by atoms with E-state index in [2.05, 4.69) is 15.9 Å². The Hall–Kier alpha value is -3.86. The Bertz CT molecular complexity index is 1170.